The second kappa shape index (κ2) is 4.79. The number of aromatic nitrogens is 1. The van der Waals surface area contributed by atoms with Crippen LogP contribution in [0.3, 0.4) is 0 Å². The molecule has 7 nitrogen and oxygen atoms in total. The Balaban J connectivity index is 2.36. The predicted molar refractivity (Wildman–Crippen MR) is 67.6 cm³/mol. The van der Waals surface area contributed by atoms with Gasteiger partial charge in [0.2, 0.25) is 0 Å². The standard InChI is InChI=1S/C10H12BrN3O4/c1-5-6(14(17)18)2-12-10(9(5)11)13-3-7(15)8(16)4-13/h2,7-8,15-16H,3-4H2,1H3. The first-order valence-corrected chi connectivity index (χ1v) is 6.11. The quantitative estimate of drug-likeness (QED) is 0.612. The van der Waals surface area contributed by atoms with Crippen LogP contribution in [0, 0.1) is 17.0 Å². The van der Waals surface area contributed by atoms with Crippen LogP contribution in [0.15, 0.2) is 10.7 Å². The van der Waals surface area contributed by atoms with Crippen molar-refractivity contribution in [2.45, 2.75) is 19.1 Å². The molecule has 1 aromatic heterocycles. The molecule has 1 fully saturated rings. The fraction of sp³-hybridized carbons (Fsp3) is 0.500. The molecule has 8 heteroatoms. The maximum Gasteiger partial charge on any atom is 0.291 e. The first kappa shape index (κ1) is 13.2. The van der Waals surface area contributed by atoms with Crippen molar-refractivity contribution >= 4 is 27.4 Å². The highest BCUT2D eigenvalue weighted by atomic mass is 79.9. The molecule has 1 aliphatic rings. The topological polar surface area (TPSA) is 99.7 Å². The predicted octanol–water partition coefficient (Wildman–Crippen LogP) is 0.603. The van der Waals surface area contributed by atoms with Gasteiger partial charge >= 0.3 is 0 Å². The van der Waals surface area contributed by atoms with Crippen LogP contribution in [0.1, 0.15) is 5.56 Å². The molecule has 18 heavy (non-hydrogen) atoms. The van der Waals surface area contributed by atoms with Gasteiger partial charge in [0.25, 0.3) is 5.69 Å². The molecule has 0 radical (unpaired) electrons. The SMILES string of the molecule is Cc1c([N+](=O)[O-])cnc(N2CC(O)C(O)C2)c1Br. The van der Waals surface area contributed by atoms with Gasteiger partial charge in [-0.1, -0.05) is 0 Å². The largest absolute Gasteiger partial charge is 0.389 e. The minimum atomic E-state index is -0.825. The zero-order valence-electron chi connectivity index (χ0n) is 9.58. The summed E-state index contributed by atoms with van der Waals surface area (Å²) in [4.78, 5) is 16.0. The summed E-state index contributed by atoms with van der Waals surface area (Å²) < 4.78 is 0.512. The molecule has 1 aromatic rings. The third-order valence-corrected chi connectivity index (χ3v) is 3.92. The number of nitrogens with zero attached hydrogens (tertiary/aromatic N) is 3. The number of hydrogen-bond acceptors (Lipinski definition) is 6. The van der Waals surface area contributed by atoms with Crippen LogP contribution < -0.4 is 4.90 Å². The lowest BCUT2D eigenvalue weighted by atomic mass is 10.2. The lowest BCUT2D eigenvalue weighted by molar-refractivity contribution is -0.385. The number of anilines is 1. The van der Waals surface area contributed by atoms with Crippen molar-refractivity contribution in [2.24, 2.45) is 0 Å². The molecule has 2 heterocycles. The van der Waals surface area contributed by atoms with Crippen LogP contribution in [0.5, 0.6) is 0 Å². The second-order valence-electron chi connectivity index (χ2n) is 4.20. The Morgan fingerprint density at radius 1 is 1.50 bits per heavy atom. The molecule has 0 spiro atoms. The van der Waals surface area contributed by atoms with E-state index < -0.39 is 17.1 Å². The van der Waals surface area contributed by atoms with E-state index in [-0.39, 0.29) is 18.8 Å². The average Bonchev–Trinajstić information content (AvgIpc) is 2.62. The Morgan fingerprint density at radius 3 is 2.56 bits per heavy atom. The molecule has 98 valence electrons. The highest BCUT2D eigenvalue weighted by Crippen LogP contribution is 2.34. The Kier molecular flexibility index (Phi) is 3.51. The summed E-state index contributed by atoms with van der Waals surface area (Å²) in [5, 5.41) is 29.7. The number of aliphatic hydroxyl groups is 2. The van der Waals surface area contributed by atoms with E-state index in [2.05, 4.69) is 20.9 Å². The van der Waals surface area contributed by atoms with Gasteiger partial charge < -0.3 is 15.1 Å². The minimum Gasteiger partial charge on any atom is -0.389 e. The van der Waals surface area contributed by atoms with E-state index in [9.17, 15) is 20.3 Å². The maximum atomic E-state index is 10.8. The van der Waals surface area contributed by atoms with Gasteiger partial charge in [0.05, 0.1) is 21.6 Å². The second-order valence-corrected chi connectivity index (χ2v) is 5.00. The number of rotatable bonds is 2. The van der Waals surface area contributed by atoms with E-state index in [0.29, 0.717) is 15.9 Å². The van der Waals surface area contributed by atoms with E-state index in [4.69, 9.17) is 0 Å². The van der Waals surface area contributed by atoms with Gasteiger partial charge in [-0.05, 0) is 22.9 Å². The number of β-amino-alcohol motifs (C(OH)–C–C–N with tert-alkyl or cyclic N) is 2. The Morgan fingerprint density at radius 2 is 2.06 bits per heavy atom. The maximum absolute atomic E-state index is 10.8. The normalized spacial score (nSPS) is 23.4. The molecule has 2 N–H and O–H groups in total. The molecule has 0 amide bonds. The Labute approximate surface area is 111 Å². The van der Waals surface area contributed by atoms with Gasteiger partial charge in [0.1, 0.15) is 12.0 Å². The first-order valence-electron chi connectivity index (χ1n) is 5.32. The number of hydrogen-bond donors (Lipinski definition) is 2. The van der Waals surface area contributed by atoms with Gasteiger partial charge in [0, 0.05) is 18.7 Å². The van der Waals surface area contributed by atoms with Crippen LogP contribution in [-0.4, -0.2) is 45.4 Å². The van der Waals surface area contributed by atoms with Crippen LogP contribution in [0.25, 0.3) is 0 Å². The smallest absolute Gasteiger partial charge is 0.291 e. The lowest BCUT2D eigenvalue weighted by Gasteiger charge is -2.18. The van der Waals surface area contributed by atoms with Crippen LogP contribution >= 0.6 is 15.9 Å². The zero-order chi connectivity index (χ0) is 13.4. The summed E-state index contributed by atoms with van der Waals surface area (Å²) in [6.07, 6.45) is -0.463. The number of aliphatic hydroxyl groups excluding tert-OH is 2. The van der Waals surface area contributed by atoms with Gasteiger partial charge in [-0.3, -0.25) is 10.1 Å². The van der Waals surface area contributed by atoms with Crippen molar-refractivity contribution < 1.29 is 15.1 Å². The third kappa shape index (κ3) is 2.18. The Hall–Kier alpha value is -1.25. The molecule has 1 aliphatic heterocycles. The summed E-state index contributed by atoms with van der Waals surface area (Å²) in [7, 11) is 0. The highest BCUT2D eigenvalue weighted by molar-refractivity contribution is 9.10. The summed E-state index contributed by atoms with van der Waals surface area (Å²) in [6, 6.07) is 0. The molecular weight excluding hydrogens is 306 g/mol. The fourth-order valence-corrected chi connectivity index (χ4v) is 2.46. The van der Waals surface area contributed by atoms with Gasteiger partial charge in [-0.2, -0.15) is 0 Å². The molecule has 0 aliphatic carbocycles. The van der Waals surface area contributed by atoms with Crippen LogP contribution in [0.4, 0.5) is 11.5 Å². The van der Waals surface area contributed by atoms with Crippen molar-refractivity contribution in [2.75, 3.05) is 18.0 Å². The highest BCUT2D eigenvalue weighted by Gasteiger charge is 2.32. The molecule has 1 saturated heterocycles. The summed E-state index contributed by atoms with van der Waals surface area (Å²) in [6.45, 7) is 2.13. The molecule has 0 saturated carbocycles. The van der Waals surface area contributed by atoms with E-state index in [1.54, 1.807) is 11.8 Å². The zero-order valence-corrected chi connectivity index (χ0v) is 11.2. The number of halogens is 1. The molecule has 0 aromatic carbocycles. The average molecular weight is 318 g/mol. The van der Waals surface area contributed by atoms with Crippen molar-refractivity contribution in [1.82, 2.24) is 4.98 Å². The van der Waals surface area contributed by atoms with E-state index in [1.807, 2.05) is 0 Å². The van der Waals surface area contributed by atoms with Gasteiger partial charge in [-0.15, -0.1) is 0 Å². The van der Waals surface area contributed by atoms with Crippen LogP contribution in [0.2, 0.25) is 0 Å². The summed E-state index contributed by atoms with van der Waals surface area (Å²) >= 11 is 3.28. The van der Waals surface area contributed by atoms with Gasteiger partial charge in [-0.25, -0.2) is 4.98 Å². The van der Waals surface area contributed by atoms with E-state index in [1.165, 1.54) is 6.20 Å². The summed E-state index contributed by atoms with van der Waals surface area (Å²) in [5.74, 6) is 0.494. The monoisotopic (exact) mass is 317 g/mol. The summed E-state index contributed by atoms with van der Waals surface area (Å²) in [5.41, 5.74) is 0.409. The number of nitro groups is 1. The third-order valence-electron chi connectivity index (χ3n) is 2.97. The molecular formula is C10H12BrN3O4. The lowest BCUT2D eigenvalue weighted by Crippen LogP contribution is -2.23. The Bertz CT molecular complexity index is 486. The number of pyridine rings is 1. The van der Waals surface area contributed by atoms with E-state index >= 15 is 0 Å². The van der Waals surface area contributed by atoms with Crippen molar-refractivity contribution in [3.8, 4) is 0 Å². The molecule has 2 atom stereocenters. The minimum absolute atomic E-state index is 0.0640. The van der Waals surface area contributed by atoms with Crippen molar-refractivity contribution in [3.05, 3.63) is 26.3 Å². The van der Waals surface area contributed by atoms with E-state index in [0.717, 1.165) is 0 Å². The van der Waals surface area contributed by atoms with Crippen LogP contribution in [-0.2, 0) is 0 Å². The molecule has 0 bridgehead atoms. The molecule has 2 unspecified atom stereocenters. The first-order chi connectivity index (χ1) is 8.41. The fourth-order valence-electron chi connectivity index (χ4n) is 1.90. The molecule has 2 rings (SSSR count). The van der Waals surface area contributed by atoms with Crippen molar-refractivity contribution in [3.63, 3.8) is 0 Å². The van der Waals surface area contributed by atoms with Gasteiger partial charge in [0.15, 0.2) is 0 Å². The van der Waals surface area contributed by atoms with Crippen molar-refractivity contribution in [1.29, 1.82) is 0 Å².